The summed E-state index contributed by atoms with van der Waals surface area (Å²) in [5.74, 6) is 0.881. The van der Waals surface area contributed by atoms with Crippen LogP contribution in [0.3, 0.4) is 0 Å². The van der Waals surface area contributed by atoms with Gasteiger partial charge in [0.2, 0.25) is 0 Å². The summed E-state index contributed by atoms with van der Waals surface area (Å²) in [7, 11) is 1.76. The molecule has 11 nitrogen and oxygen atoms in total. The highest BCUT2D eigenvalue weighted by atomic mass is 16.2. The van der Waals surface area contributed by atoms with Crippen molar-refractivity contribution in [2.75, 3.05) is 37.3 Å². The van der Waals surface area contributed by atoms with Crippen LogP contribution in [0, 0.1) is 11.3 Å². The summed E-state index contributed by atoms with van der Waals surface area (Å²) < 4.78 is 3.35. The maximum absolute atomic E-state index is 13.4. The maximum atomic E-state index is 13.4. The lowest BCUT2D eigenvalue weighted by molar-refractivity contribution is 0.0952. The van der Waals surface area contributed by atoms with Crippen LogP contribution in [0.4, 0.5) is 17.3 Å². The number of likely N-dealkylation sites (tertiary alicyclic amines) is 1. The van der Waals surface area contributed by atoms with Crippen LogP contribution in [0.15, 0.2) is 35.4 Å². The molecule has 1 amide bonds. The van der Waals surface area contributed by atoms with Crippen LogP contribution in [0.5, 0.6) is 0 Å². The van der Waals surface area contributed by atoms with E-state index >= 15 is 0 Å². The van der Waals surface area contributed by atoms with Gasteiger partial charge in [0.05, 0.1) is 12.3 Å². The molecule has 3 aromatic rings. The van der Waals surface area contributed by atoms with Crippen molar-refractivity contribution in [3.05, 3.63) is 46.5 Å². The van der Waals surface area contributed by atoms with Crippen molar-refractivity contribution in [1.29, 1.82) is 5.26 Å². The lowest BCUT2D eigenvalue weighted by atomic mass is 10.0. The molecule has 4 heterocycles. The van der Waals surface area contributed by atoms with Crippen molar-refractivity contribution in [3.8, 4) is 6.07 Å². The predicted octanol–water partition coefficient (Wildman–Crippen LogP) is 2.12. The minimum absolute atomic E-state index is 0.0487. The van der Waals surface area contributed by atoms with Gasteiger partial charge in [-0.05, 0) is 44.4 Å². The molecular formula is C24H29N9O2. The van der Waals surface area contributed by atoms with Gasteiger partial charge in [0.1, 0.15) is 22.9 Å². The quantitative estimate of drug-likeness (QED) is 0.451. The molecule has 5 rings (SSSR count). The highest BCUT2D eigenvalue weighted by molar-refractivity contribution is 6.00. The van der Waals surface area contributed by atoms with Crippen LogP contribution in [0.1, 0.15) is 48.5 Å². The number of hydrogen-bond acceptors (Lipinski definition) is 8. The summed E-state index contributed by atoms with van der Waals surface area (Å²) in [5.41, 5.74) is 1.08. The Hall–Kier alpha value is -3.91. The largest absolute Gasteiger partial charge is 0.373 e. The summed E-state index contributed by atoms with van der Waals surface area (Å²) in [6.45, 7) is 2.41. The van der Waals surface area contributed by atoms with Gasteiger partial charge in [0.25, 0.3) is 11.5 Å². The molecule has 3 N–H and O–H groups in total. The van der Waals surface area contributed by atoms with E-state index in [9.17, 15) is 9.59 Å². The van der Waals surface area contributed by atoms with E-state index < -0.39 is 0 Å². The number of pyridine rings is 1. The fourth-order valence-corrected chi connectivity index (χ4v) is 4.56. The minimum atomic E-state index is -0.200. The fraction of sp³-hybridized carbons (Fsp3) is 0.458. The Morgan fingerprint density at radius 2 is 2.17 bits per heavy atom. The number of fused-ring (bicyclic) bond motifs is 1. The molecule has 1 aliphatic heterocycles. The Morgan fingerprint density at radius 1 is 1.31 bits per heavy atom. The van der Waals surface area contributed by atoms with Crippen LogP contribution in [-0.4, -0.2) is 62.7 Å². The number of nitriles is 1. The van der Waals surface area contributed by atoms with E-state index in [0.717, 1.165) is 45.3 Å². The van der Waals surface area contributed by atoms with E-state index in [0.29, 0.717) is 35.0 Å². The van der Waals surface area contributed by atoms with Gasteiger partial charge in [-0.1, -0.05) is 0 Å². The molecule has 1 unspecified atom stereocenters. The summed E-state index contributed by atoms with van der Waals surface area (Å²) in [6.07, 6.45) is 7.70. The second kappa shape index (κ2) is 9.76. The lowest BCUT2D eigenvalue weighted by Gasteiger charge is -2.33. The number of aromatic nitrogens is 4. The van der Waals surface area contributed by atoms with Crippen LogP contribution < -0.4 is 21.5 Å². The molecule has 2 aliphatic rings. The molecule has 1 aliphatic carbocycles. The van der Waals surface area contributed by atoms with Gasteiger partial charge in [0, 0.05) is 50.9 Å². The van der Waals surface area contributed by atoms with Gasteiger partial charge in [-0.15, -0.1) is 0 Å². The molecule has 0 spiro atoms. The third kappa shape index (κ3) is 4.83. The summed E-state index contributed by atoms with van der Waals surface area (Å²) in [6, 6.07) is 7.81. The van der Waals surface area contributed by atoms with E-state index in [1.165, 1.54) is 6.20 Å². The van der Waals surface area contributed by atoms with Gasteiger partial charge in [-0.25, -0.2) is 4.98 Å². The summed E-state index contributed by atoms with van der Waals surface area (Å²) in [4.78, 5) is 32.9. The normalized spacial score (nSPS) is 18.2. The van der Waals surface area contributed by atoms with Crippen molar-refractivity contribution < 1.29 is 4.79 Å². The standard InChI is InChI=1S/C24H29N9O2/c1-26-21-13-20(30-22-18(14-27-33(21)22)23(34)28-16-7-8-16)29-19-6-3-12-32(24(19)35)17-5-2-10-31(15-17)11-4-9-25/h3,6,12-14,16-17,26H,2,4-5,7-8,10-11,15H2,1H3,(H,28,34)(H,29,30). The second-order valence-corrected chi connectivity index (χ2v) is 9.08. The first-order valence-corrected chi connectivity index (χ1v) is 12.0. The smallest absolute Gasteiger partial charge is 0.274 e. The maximum Gasteiger partial charge on any atom is 0.274 e. The first-order valence-electron chi connectivity index (χ1n) is 12.0. The molecule has 1 saturated heterocycles. The molecule has 0 aromatic carbocycles. The molecule has 2 fully saturated rings. The fourth-order valence-electron chi connectivity index (χ4n) is 4.56. The predicted molar refractivity (Wildman–Crippen MR) is 132 cm³/mol. The zero-order valence-electron chi connectivity index (χ0n) is 19.7. The van der Waals surface area contributed by atoms with Crippen LogP contribution in [0.25, 0.3) is 5.65 Å². The molecule has 35 heavy (non-hydrogen) atoms. The van der Waals surface area contributed by atoms with Gasteiger partial charge in [-0.3, -0.25) is 9.59 Å². The third-order valence-electron chi connectivity index (χ3n) is 6.54. The molecule has 1 atom stereocenters. The summed E-state index contributed by atoms with van der Waals surface area (Å²) >= 11 is 0. The number of amides is 1. The highest BCUT2D eigenvalue weighted by Crippen LogP contribution is 2.24. The number of carbonyl (C=O) groups excluding carboxylic acids is 1. The van der Waals surface area contributed by atoms with Crippen molar-refractivity contribution in [3.63, 3.8) is 0 Å². The Kier molecular flexibility index (Phi) is 6.37. The van der Waals surface area contributed by atoms with Gasteiger partial charge in [-0.2, -0.15) is 14.9 Å². The lowest BCUT2D eigenvalue weighted by Crippen LogP contribution is -2.40. The Morgan fingerprint density at radius 3 is 2.94 bits per heavy atom. The molecule has 182 valence electrons. The number of hydrogen-bond donors (Lipinski definition) is 3. The number of piperidine rings is 1. The van der Waals surface area contributed by atoms with E-state index in [1.54, 1.807) is 28.3 Å². The van der Waals surface area contributed by atoms with Crippen molar-refractivity contribution in [2.45, 2.75) is 44.2 Å². The van der Waals surface area contributed by atoms with Gasteiger partial charge >= 0.3 is 0 Å². The molecule has 0 bridgehead atoms. The first-order chi connectivity index (χ1) is 17.1. The number of carbonyl (C=O) groups is 1. The van der Waals surface area contributed by atoms with Crippen LogP contribution >= 0.6 is 0 Å². The van der Waals surface area contributed by atoms with Crippen molar-refractivity contribution in [1.82, 2.24) is 29.4 Å². The minimum Gasteiger partial charge on any atom is -0.373 e. The highest BCUT2D eigenvalue weighted by Gasteiger charge is 2.26. The SMILES string of the molecule is CNc1cc(Nc2cccn(C3CCCN(CCC#N)C3)c2=O)nc2c(C(=O)NC3CC3)cnn12. The topological polar surface area (TPSA) is 132 Å². The number of anilines is 3. The van der Waals surface area contributed by atoms with Crippen LogP contribution in [-0.2, 0) is 0 Å². The number of rotatable bonds is 8. The first kappa shape index (κ1) is 22.9. The average Bonchev–Trinajstić information content (AvgIpc) is 3.58. The molecular weight excluding hydrogens is 446 g/mol. The summed E-state index contributed by atoms with van der Waals surface area (Å²) in [5, 5.41) is 22.4. The Labute approximate surface area is 202 Å². The average molecular weight is 476 g/mol. The van der Waals surface area contributed by atoms with Crippen molar-refractivity contribution in [2.24, 2.45) is 0 Å². The second-order valence-electron chi connectivity index (χ2n) is 9.08. The molecule has 3 aromatic heterocycles. The van der Waals surface area contributed by atoms with Gasteiger partial charge < -0.3 is 25.4 Å². The number of nitrogens with one attached hydrogen (secondary N) is 3. The van der Waals surface area contributed by atoms with Gasteiger partial charge in [0.15, 0.2) is 5.65 Å². The van der Waals surface area contributed by atoms with Crippen molar-refractivity contribution >= 4 is 28.9 Å². The van der Waals surface area contributed by atoms with E-state index in [4.69, 9.17) is 5.26 Å². The Bertz CT molecular complexity index is 1330. The molecule has 0 radical (unpaired) electrons. The van der Waals surface area contributed by atoms with E-state index in [1.807, 2.05) is 12.3 Å². The zero-order chi connectivity index (χ0) is 24.4. The monoisotopic (exact) mass is 475 g/mol. The molecule has 11 heteroatoms. The molecule has 1 saturated carbocycles. The van der Waals surface area contributed by atoms with E-state index in [-0.39, 0.29) is 23.6 Å². The third-order valence-corrected chi connectivity index (χ3v) is 6.54. The number of nitrogens with zero attached hydrogens (tertiary/aromatic N) is 6. The Balaban J connectivity index is 1.42. The zero-order valence-corrected chi connectivity index (χ0v) is 19.7. The van der Waals surface area contributed by atoms with E-state index in [2.05, 4.69) is 37.0 Å². The van der Waals surface area contributed by atoms with Crippen LogP contribution in [0.2, 0.25) is 0 Å².